The molecule has 0 unspecified atom stereocenters. The number of carbonyl (C=O) groups excluding carboxylic acids is 1. The molecule has 1 amide bonds. The molecule has 0 fully saturated rings. The molecule has 18 heavy (non-hydrogen) atoms. The Balaban J connectivity index is 1.97. The summed E-state index contributed by atoms with van der Waals surface area (Å²) in [5.74, 6) is 6.29. The third-order valence-corrected chi connectivity index (χ3v) is 2.50. The number of rotatable bonds is 4. The number of aromatic nitrogens is 3. The molecule has 0 aliphatic heterocycles. The minimum absolute atomic E-state index is 0.200. The number of nitrogen functional groups attached to an aromatic ring is 1. The third kappa shape index (κ3) is 2.64. The molecule has 0 aromatic carbocycles. The minimum Gasteiger partial charge on any atom is -0.345 e. The molecule has 7 nitrogen and oxygen atoms in total. The summed E-state index contributed by atoms with van der Waals surface area (Å²) >= 11 is 0. The van der Waals surface area contributed by atoms with Crippen LogP contribution in [-0.2, 0) is 13.6 Å². The highest BCUT2D eigenvalue weighted by Gasteiger charge is 2.07. The summed E-state index contributed by atoms with van der Waals surface area (Å²) < 4.78 is 1.85. The van der Waals surface area contributed by atoms with Crippen LogP contribution >= 0.6 is 0 Å². The van der Waals surface area contributed by atoms with Crippen LogP contribution in [0.5, 0.6) is 0 Å². The van der Waals surface area contributed by atoms with Gasteiger partial charge in [0.05, 0.1) is 12.1 Å². The lowest BCUT2D eigenvalue weighted by atomic mass is 10.2. The van der Waals surface area contributed by atoms with Crippen molar-refractivity contribution in [3.63, 3.8) is 0 Å². The highest BCUT2D eigenvalue weighted by molar-refractivity contribution is 5.93. The zero-order chi connectivity index (χ0) is 13.0. The van der Waals surface area contributed by atoms with Crippen LogP contribution in [-0.4, -0.2) is 20.4 Å². The van der Waals surface area contributed by atoms with Crippen LogP contribution in [0.1, 0.15) is 16.2 Å². The molecule has 0 saturated carbocycles. The number of hydrogen-bond acceptors (Lipinski definition) is 5. The van der Waals surface area contributed by atoms with Crippen molar-refractivity contribution in [3.8, 4) is 0 Å². The number of nitrogens with two attached hydrogens (primary N) is 1. The van der Waals surface area contributed by atoms with Crippen LogP contribution in [0.15, 0.2) is 30.7 Å². The maximum absolute atomic E-state index is 11.8. The molecule has 0 aliphatic rings. The Hall–Kier alpha value is -2.41. The molecular formula is C11H14N6O. The zero-order valence-corrected chi connectivity index (χ0v) is 9.92. The smallest absolute Gasteiger partial charge is 0.253 e. The second-order valence-electron chi connectivity index (χ2n) is 3.71. The second kappa shape index (κ2) is 5.28. The maximum Gasteiger partial charge on any atom is 0.253 e. The highest BCUT2D eigenvalue weighted by atomic mass is 16.1. The molecular weight excluding hydrogens is 232 g/mol. The predicted molar refractivity (Wildman–Crippen MR) is 66.4 cm³/mol. The first kappa shape index (κ1) is 12.1. The van der Waals surface area contributed by atoms with Crippen LogP contribution in [0.2, 0.25) is 0 Å². The van der Waals surface area contributed by atoms with E-state index in [0.717, 1.165) is 5.82 Å². The minimum atomic E-state index is -0.200. The van der Waals surface area contributed by atoms with Crippen molar-refractivity contribution in [1.82, 2.24) is 19.9 Å². The molecule has 2 heterocycles. The fraction of sp³-hybridized carbons (Fsp3) is 0.182. The van der Waals surface area contributed by atoms with Gasteiger partial charge < -0.3 is 15.3 Å². The standard InChI is InChI=1S/C11H14N6O/c1-17-5-4-13-10(17)7-15-11(18)8-2-3-9(16-12)14-6-8/h2-6H,7,12H2,1H3,(H,14,16)(H,15,18). The zero-order valence-electron chi connectivity index (χ0n) is 9.92. The van der Waals surface area contributed by atoms with E-state index in [9.17, 15) is 4.79 Å². The Labute approximate surface area is 104 Å². The van der Waals surface area contributed by atoms with Gasteiger partial charge in [0.25, 0.3) is 5.91 Å². The number of aryl methyl sites for hydroxylation is 1. The van der Waals surface area contributed by atoms with Gasteiger partial charge in [-0.1, -0.05) is 0 Å². The van der Waals surface area contributed by atoms with Crippen molar-refractivity contribution in [2.45, 2.75) is 6.54 Å². The van der Waals surface area contributed by atoms with Gasteiger partial charge in [-0.2, -0.15) is 0 Å². The molecule has 0 aliphatic carbocycles. The SMILES string of the molecule is Cn1ccnc1CNC(=O)c1ccc(NN)nc1. The monoisotopic (exact) mass is 246 g/mol. The van der Waals surface area contributed by atoms with Gasteiger partial charge in [0.1, 0.15) is 11.6 Å². The van der Waals surface area contributed by atoms with Crippen LogP contribution in [0, 0.1) is 0 Å². The largest absolute Gasteiger partial charge is 0.345 e. The lowest BCUT2D eigenvalue weighted by molar-refractivity contribution is 0.0949. The van der Waals surface area contributed by atoms with Crippen molar-refractivity contribution in [2.75, 3.05) is 5.43 Å². The molecule has 0 atom stereocenters. The summed E-state index contributed by atoms with van der Waals surface area (Å²) in [5.41, 5.74) is 2.87. The molecule has 0 radical (unpaired) electrons. The number of nitrogens with zero attached hydrogens (tertiary/aromatic N) is 3. The number of amides is 1. The quantitative estimate of drug-likeness (QED) is 0.522. The summed E-state index contributed by atoms with van der Waals surface area (Å²) in [6.45, 7) is 0.374. The average molecular weight is 246 g/mol. The van der Waals surface area contributed by atoms with E-state index < -0.39 is 0 Å². The van der Waals surface area contributed by atoms with Crippen molar-refractivity contribution < 1.29 is 4.79 Å². The van der Waals surface area contributed by atoms with Crippen molar-refractivity contribution in [1.29, 1.82) is 0 Å². The molecule has 0 spiro atoms. The number of anilines is 1. The first-order valence-electron chi connectivity index (χ1n) is 5.38. The van der Waals surface area contributed by atoms with Crippen LogP contribution in [0.25, 0.3) is 0 Å². The number of pyridine rings is 1. The lowest BCUT2D eigenvalue weighted by Gasteiger charge is -2.05. The molecule has 94 valence electrons. The van der Waals surface area contributed by atoms with Crippen LogP contribution < -0.4 is 16.6 Å². The van der Waals surface area contributed by atoms with Gasteiger partial charge in [0.15, 0.2) is 0 Å². The Morgan fingerprint density at radius 3 is 2.83 bits per heavy atom. The highest BCUT2D eigenvalue weighted by Crippen LogP contribution is 2.03. The van der Waals surface area contributed by atoms with Crippen molar-refractivity contribution in [3.05, 3.63) is 42.1 Å². The van der Waals surface area contributed by atoms with Crippen molar-refractivity contribution >= 4 is 11.7 Å². The number of hydrogen-bond donors (Lipinski definition) is 3. The summed E-state index contributed by atoms with van der Waals surface area (Å²) in [6, 6.07) is 3.28. The number of nitrogens with one attached hydrogen (secondary N) is 2. The molecule has 4 N–H and O–H groups in total. The fourth-order valence-electron chi connectivity index (χ4n) is 1.44. The molecule has 2 aromatic heterocycles. The number of hydrazine groups is 1. The van der Waals surface area contributed by atoms with Crippen molar-refractivity contribution in [2.24, 2.45) is 12.9 Å². The van der Waals surface area contributed by atoms with Gasteiger partial charge in [0.2, 0.25) is 0 Å². The van der Waals surface area contributed by atoms with E-state index in [2.05, 4.69) is 20.7 Å². The summed E-state index contributed by atoms with van der Waals surface area (Å²) in [7, 11) is 1.87. The van der Waals surface area contributed by atoms with Gasteiger partial charge in [0, 0.05) is 25.6 Å². The maximum atomic E-state index is 11.8. The summed E-state index contributed by atoms with van der Waals surface area (Å²) in [6.07, 6.45) is 4.97. The Morgan fingerprint density at radius 1 is 1.44 bits per heavy atom. The Morgan fingerprint density at radius 2 is 2.28 bits per heavy atom. The molecule has 0 saturated heterocycles. The van der Waals surface area contributed by atoms with E-state index >= 15 is 0 Å². The predicted octanol–water partition coefficient (Wildman–Crippen LogP) is 0.0307. The van der Waals surface area contributed by atoms with E-state index in [1.54, 1.807) is 18.3 Å². The summed E-state index contributed by atoms with van der Waals surface area (Å²) in [4.78, 5) is 19.9. The number of carbonyl (C=O) groups is 1. The van der Waals surface area contributed by atoms with Gasteiger partial charge in [-0.3, -0.25) is 4.79 Å². The van der Waals surface area contributed by atoms with Crippen LogP contribution in [0.4, 0.5) is 5.82 Å². The fourth-order valence-corrected chi connectivity index (χ4v) is 1.44. The van der Waals surface area contributed by atoms with Gasteiger partial charge in [-0.15, -0.1) is 0 Å². The molecule has 0 bridgehead atoms. The van der Waals surface area contributed by atoms with E-state index in [-0.39, 0.29) is 5.91 Å². The lowest BCUT2D eigenvalue weighted by Crippen LogP contribution is -2.24. The Bertz CT molecular complexity index is 533. The van der Waals surface area contributed by atoms with Gasteiger partial charge >= 0.3 is 0 Å². The van der Waals surface area contributed by atoms with E-state index in [1.807, 2.05) is 17.8 Å². The third-order valence-electron chi connectivity index (χ3n) is 2.50. The molecule has 2 rings (SSSR count). The van der Waals surface area contributed by atoms with Gasteiger partial charge in [-0.05, 0) is 12.1 Å². The first-order chi connectivity index (χ1) is 8.70. The second-order valence-corrected chi connectivity index (χ2v) is 3.71. The first-order valence-corrected chi connectivity index (χ1v) is 5.38. The summed E-state index contributed by atoms with van der Waals surface area (Å²) in [5, 5.41) is 2.77. The van der Waals surface area contributed by atoms with E-state index in [0.29, 0.717) is 17.9 Å². The van der Waals surface area contributed by atoms with Gasteiger partial charge in [-0.25, -0.2) is 15.8 Å². The molecule has 2 aromatic rings. The average Bonchev–Trinajstić information content (AvgIpc) is 2.81. The Kier molecular flexibility index (Phi) is 3.54. The topological polar surface area (TPSA) is 97.9 Å². The van der Waals surface area contributed by atoms with E-state index in [1.165, 1.54) is 6.20 Å². The molecule has 7 heteroatoms. The van der Waals surface area contributed by atoms with Crippen LogP contribution in [0.3, 0.4) is 0 Å². The normalized spacial score (nSPS) is 10.1. The number of imidazole rings is 1. The van der Waals surface area contributed by atoms with E-state index in [4.69, 9.17) is 5.84 Å².